The number of esters is 1. The van der Waals surface area contributed by atoms with Gasteiger partial charge < -0.3 is 19.5 Å². The van der Waals surface area contributed by atoms with E-state index in [0.29, 0.717) is 24.5 Å². The number of methoxy groups -OCH3 is 1. The molecule has 1 amide bonds. The van der Waals surface area contributed by atoms with Gasteiger partial charge >= 0.3 is 5.97 Å². The molecule has 0 aliphatic heterocycles. The highest BCUT2D eigenvalue weighted by Gasteiger charge is 2.22. The van der Waals surface area contributed by atoms with Gasteiger partial charge in [-0.3, -0.25) is 4.79 Å². The molecule has 38 heavy (non-hydrogen) atoms. The third-order valence-corrected chi connectivity index (χ3v) is 6.31. The molecule has 0 heterocycles. The Balaban J connectivity index is 1.32. The van der Waals surface area contributed by atoms with Crippen LogP contribution in [0.2, 0.25) is 0 Å². The maximum absolute atomic E-state index is 12.9. The monoisotopic (exact) mass is 573 g/mol. The average Bonchev–Trinajstić information content (AvgIpc) is 2.95. The zero-order chi connectivity index (χ0) is 26.7. The zero-order valence-electron chi connectivity index (χ0n) is 20.9. The fourth-order valence-corrected chi connectivity index (χ4v) is 4.22. The van der Waals surface area contributed by atoms with Crippen molar-refractivity contribution in [1.82, 2.24) is 5.32 Å². The molecule has 0 aromatic heterocycles. The third kappa shape index (κ3) is 7.95. The zero-order valence-corrected chi connectivity index (χ0v) is 22.5. The van der Waals surface area contributed by atoms with Crippen LogP contribution in [0.25, 0.3) is 0 Å². The highest BCUT2D eigenvalue weighted by atomic mass is 79.9. The van der Waals surface area contributed by atoms with E-state index in [1.54, 1.807) is 24.3 Å². The van der Waals surface area contributed by atoms with E-state index in [1.165, 1.54) is 7.11 Å². The number of rotatable bonds is 11. The molecule has 4 aromatic rings. The molecule has 0 saturated carbocycles. The lowest BCUT2D eigenvalue weighted by atomic mass is 10.0. The van der Waals surface area contributed by atoms with Crippen LogP contribution in [0.1, 0.15) is 27.0 Å². The number of hydrogen-bond donors (Lipinski definition) is 1. The molecular weight excluding hydrogens is 546 g/mol. The van der Waals surface area contributed by atoms with Crippen LogP contribution in [0.3, 0.4) is 0 Å². The lowest BCUT2D eigenvalue weighted by Gasteiger charge is -2.17. The van der Waals surface area contributed by atoms with Crippen LogP contribution in [0, 0.1) is 0 Å². The summed E-state index contributed by atoms with van der Waals surface area (Å²) in [6.45, 7) is 0.875. The van der Waals surface area contributed by atoms with Crippen molar-refractivity contribution in [3.8, 4) is 11.5 Å². The van der Waals surface area contributed by atoms with Gasteiger partial charge in [-0.05, 0) is 65.2 Å². The van der Waals surface area contributed by atoms with Crippen LogP contribution in [0.15, 0.2) is 108 Å². The molecule has 0 aliphatic rings. The number of benzene rings is 4. The van der Waals surface area contributed by atoms with E-state index in [-0.39, 0.29) is 12.3 Å². The Bertz CT molecular complexity index is 1340. The first-order valence-electron chi connectivity index (χ1n) is 12.1. The van der Waals surface area contributed by atoms with Gasteiger partial charge in [0.2, 0.25) is 0 Å². The minimum absolute atomic E-state index is 0.283. The van der Waals surface area contributed by atoms with E-state index >= 15 is 0 Å². The first-order chi connectivity index (χ1) is 18.5. The molecule has 0 fully saturated rings. The smallest absolute Gasteiger partial charge is 0.328 e. The minimum Gasteiger partial charge on any atom is -0.489 e. The van der Waals surface area contributed by atoms with Crippen molar-refractivity contribution in [3.05, 3.63) is 130 Å². The Morgan fingerprint density at radius 3 is 1.97 bits per heavy atom. The average molecular weight is 574 g/mol. The van der Waals surface area contributed by atoms with Crippen molar-refractivity contribution in [2.45, 2.75) is 25.7 Å². The van der Waals surface area contributed by atoms with Gasteiger partial charge in [0, 0.05) is 16.5 Å². The third-order valence-electron chi connectivity index (χ3n) is 5.81. The number of amides is 1. The molecule has 0 saturated heterocycles. The molecule has 0 radical (unpaired) electrons. The quantitative estimate of drug-likeness (QED) is 0.219. The lowest BCUT2D eigenvalue weighted by Crippen LogP contribution is -2.43. The topological polar surface area (TPSA) is 73.9 Å². The molecule has 1 N–H and O–H groups in total. The van der Waals surface area contributed by atoms with Gasteiger partial charge in [-0.15, -0.1) is 0 Å². The van der Waals surface area contributed by atoms with Crippen LogP contribution in [-0.4, -0.2) is 25.0 Å². The summed E-state index contributed by atoms with van der Waals surface area (Å²) in [4.78, 5) is 25.3. The molecule has 194 valence electrons. The molecule has 1 atom stereocenters. The maximum atomic E-state index is 12.9. The van der Waals surface area contributed by atoms with Gasteiger partial charge in [-0.1, -0.05) is 70.5 Å². The second-order valence-corrected chi connectivity index (χ2v) is 9.53. The second kappa shape index (κ2) is 13.4. The fraction of sp³-hybridized carbons (Fsp3) is 0.161. The first-order valence-corrected chi connectivity index (χ1v) is 12.9. The summed E-state index contributed by atoms with van der Waals surface area (Å²) in [6.07, 6.45) is 0.283. The van der Waals surface area contributed by atoms with Gasteiger partial charge in [0.15, 0.2) is 0 Å². The van der Waals surface area contributed by atoms with Gasteiger partial charge in [-0.25, -0.2) is 4.79 Å². The predicted molar refractivity (Wildman–Crippen MR) is 149 cm³/mol. The summed E-state index contributed by atoms with van der Waals surface area (Å²) in [5.74, 6) is 0.470. The summed E-state index contributed by atoms with van der Waals surface area (Å²) >= 11 is 3.45. The maximum Gasteiger partial charge on any atom is 0.328 e. The largest absolute Gasteiger partial charge is 0.489 e. The van der Waals surface area contributed by atoms with Crippen LogP contribution in [0.5, 0.6) is 11.5 Å². The molecular formula is C31H28BrNO5. The van der Waals surface area contributed by atoms with Gasteiger partial charge in [0.25, 0.3) is 5.91 Å². The summed E-state index contributed by atoms with van der Waals surface area (Å²) < 4.78 is 17.6. The number of ether oxygens (including phenoxy) is 3. The molecule has 6 nitrogen and oxygen atoms in total. The van der Waals surface area contributed by atoms with Crippen LogP contribution in [-0.2, 0) is 29.2 Å². The van der Waals surface area contributed by atoms with Crippen LogP contribution in [0.4, 0.5) is 0 Å². The molecule has 0 unspecified atom stereocenters. The lowest BCUT2D eigenvalue weighted by molar-refractivity contribution is -0.142. The van der Waals surface area contributed by atoms with Crippen molar-refractivity contribution >= 4 is 27.8 Å². The molecule has 0 bridgehead atoms. The first kappa shape index (κ1) is 26.9. The fourth-order valence-electron chi connectivity index (χ4n) is 3.77. The minimum atomic E-state index is -0.837. The number of halogens is 1. The molecule has 0 spiro atoms. The molecule has 0 aliphatic carbocycles. The number of carbonyl (C=O) groups excluding carboxylic acids is 2. The summed E-state index contributed by atoms with van der Waals surface area (Å²) in [6, 6.07) is 31.2. The van der Waals surface area contributed by atoms with E-state index < -0.39 is 12.0 Å². The Kier molecular flexibility index (Phi) is 9.54. The van der Waals surface area contributed by atoms with E-state index in [9.17, 15) is 9.59 Å². The molecule has 4 aromatic carbocycles. The van der Waals surface area contributed by atoms with Crippen LogP contribution >= 0.6 is 15.9 Å². The van der Waals surface area contributed by atoms with E-state index in [0.717, 1.165) is 26.9 Å². The van der Waals surface area contributed by atoms with E-state index in [1.807, 2.05) is 78.9 Å². The highest BCUT2D eigenvalue weighted by molar-refractivity contribution is 9.10. The molecule has 4 rings (SSSR count). The van der Waals surface area contributed by atoms with Gasteiger partial charge in [0.05, 0.1) is 7.11 Å². The van der Waals surface area contributed by atoms with Crippen molar-refractivity contribution in [2.24, 2.45) is 0 Å². The number of carbonyl (C=O) groups is 2. The molecule has 7 heteroatoms. The Morgan fingerprint density at radius 2 is 1.34 bits per heavy atom. The van der Waals surface area contributed by atoms with Crippen LogP contribution < -0.4 is 14.8 Å². The van der Waals surface area contributed by atoms with Crippen molar-refractivity contribution in [1.29, 1.82) is 0 Å². The standard InChI is InChI=1S/C31H28BrNO5/c1-36-31(35)29(19-22-10-14-27(15-11-22)37-20-23-6-3-2-4-7-23)33-30(34)25-12-16-28(17-13-25)38-21-24-8-5-9-26(32)18-24/h2-18,29H,19-21H2,1H3,(H,33,34)/t29-/m0/s1. The highest BCUT2D eigenvalue weighted by Crippen LogP contribution is 2.18. The normalized spacial score (nSPS) is 11.3. The SMILES string of the molecule is COC(=O)[C@H](Cc1ccc(OCc2ccccc2)cc1)NC(=O)c1ccc(OCc2cccc(Br)c2)cc1. The predicted octanol–water partition coefficient (Wildman–Crippen LogP) is 6.12. The van der Waals surface area contributed by atoms with Gasteiger partial charge in [-0.2, -0.15) is 0 Å². The Morgan fingerprint density at radius 1 is 0.737 bits per heavy atom. The van der Waals surface area contributed by atoms with Crippen molar-refractivity contribution in [3.63, 3.8) is 0 Å². The van der Waals surface area contributed by atoms with Crippen molar-refractivity contribution < 1.29 is 23.8 Å². The Hall–Kier alpha value is -4.10. The van der Waals surface area contributed by atoms with Gasteiger partial charge in [0.1, 0.15) is 30.8 Å². The van der Waals surface area contributed by atoms with E-state index in [2.05, 4.69) is 21.2 Å². The number of nitrogens with one attached hydrogen (secondary N) is 1. The summed E-state index contributed by atoms with van der Waals surface area (Å²) in [5, 5.41) is 2.79. The van der Waals surface area contributed by atoms with E-state index in [4.69, 9.17) is 14.2 Å². The second-order valence-electron chi connectivity index (χ2n) is 8.61. The Labute approximate surface area is 230 Å². The summed E-state index contributed by atoms with van der Waals surface area (Å²) in [7, 11) is 1.30. The summed E-state index contributed by atoms with van der Waals surface area (Å²) in [5.41, 5.74) is 3.38. The van der Waals surface area contributed by atoms with Crippen molar-refractivity contribution in [2.75, 3.05) is 7.11 Å². The number of hydrogen-bond acceptors (Lipinski definition) is 5.